The SMILES string of the molecule is CCCCOc1c(Cl)cc(C(=O)N2CCCc3c(C(N)=O)cccc32)cc1OCC. The Labute approximate surface area is 181 Å². The number of hydrogen-bond acceptors (Lipinski definition) is 4. The summed E-state index contributed by atoms with van der Waals surface area (Å²) in [5.41, 5.74) is 7.90. The lowest BCUT2D eigenvalue weighted by atomic mass is 9.95. The van der Waals surface area contributed by atoms with Gasteiger partial charge in [0, 0.05) is 23.4 Å². The van der Waals surface area contributed by atoms with Crippen molar-refractivity contribution in [3.63, 3.8) is 0 Å². The fourth-order valence-electron chi connectivity index (χ4n) is 3.64. The maximum Gasteiger partial charge on any atom is 0.258 e. The van der Waals surface area contributed by atoms with E-state index in [4.69, 9.17) is 26.8 Å². The topological polar surface area (TPSA) is 81.9 Å². The lowest BCUT2D eigenvalue weighted by Crippen LogP contribution is -2.36. The first-order valence-corrected chi connectivity index (χ1v) is 10.7. The maximum atomic E-state index is 13.4. The lowest BCUT2D eigenvalue weighted by molar-refractivity contribution is 0.0977. The number of rotatable bonds is 8. The molecule has 3 rings (SSSR count). The van der Waals surface area contributed by atoms with Crippen LogP contribution in [-0.4, -0.2) is 31.6 Å². The zero-order chi connectivity index (χ0) is 21.7. The first-order chi connectivity index (χ1) is 14.5. The van der Waals surface area contributed by atoms with Crippen LogP contribution in [0.2, 0.25) is 5.02 Å². The smallest absolute Gasteiger partial charge is 0.258 e. The molecule has 0 saturated carbocycles. The molecule has 2 aromatic carbocycles. The molecular formula is C23H27ClN2O4. The van der Waals surface area contributed by atoms with Crippen LogP contribution in [0.3, 0.4) is 0 Å². The Morgan fingerprint density at radius 1 is 1.20 bits per heavy atom. The molecule has 2 N–H and O–H groups in total. The molecule has 0 fully saturated rings. The molecule has 2 amide bonds. The van der Waals surface area contributed by atoms with Crippen LogP contribution < -0.4 is 20.1 Å². The minimum absolute atomic E-state index is 0.208. The fraction of sp³-hybridized carbons (Fsp3) is 0.391. The Morgan fingerprint density at radius 2 is 2.00 bits per heavy atom. The minimum atomic E-state index is -0.489. The average Bonchev–Trinajstić information content (AvgIpc) is 2.74. The number of nitrogens with zero attached hydrogens (tertiary/aromatic N) is 1. The molecule has 0 unspecified atom stereocenters. The van der Waals surface area contributed by atoms with Crippen LogP contribution in [-0.2, 0) is 6.42 Å². The van der Waals surface area contributed by atoms with Gasteiger partial charge >= 0.3 is 0 Å². The molecule has 0 radical (unpaired) electrons. The van der Waals surface area contributed by atoms with Gasteiger partial charge in [-0.25, -0.2) is 0 Å². The number of primary amides is 1. The van der Waals surface area contributed by atoms with Crippen molar-refractivity contribution in [2.24, 2.45) is 5.73 Å². The zero-order valence-corrected chi connectivity index (χ0v) is 18.1. The first kappa shape index (κ1) is 22.0. The summed E-state index contributed by atoms with van der Waals surface area (Å²) in [7, 11) is 0. The molecule has 0 aromatic heterocycles. The van der Waals surface area contributed by atoms with Gasteiger partial charge in [-0.15, -0.1) is 0 Å². The van der Waals surface area contributed by atoms with Gasteiger partial charge in [0.25, 0.3) is 5.91 Å². The summed E-state index contributed by atoms with van der Waals surface area (Å²) in [6, 6.07) is 8.56. The Bertz CT molecular complexity index is 945. The third kappa shape index (κ3) is 4.54. The van der Waals surface area contributed by atoms with Crippen LogP contribution in [0.15, 0.2) is 30.3 Å². The van der Waals surface area contributed by atoms with Crippen molar-refractivity contribution >= 4 is 29.1 Å². The highest BCUT2D eigenvalue weighted by atomic mass is 35.5. The van der Waals surface area contributed by atoms with E-state index < -0.39 is 5.91 Å². The van der Waals surface area contributed by atoms with Crippen LogP contribution in [0.1, 0.15) is 59.4 Å². The molecule has 1 aliphatic rings. The van der Waals surface area contributed by atoms with Crippen molar-refractivity contribution in [2.75, 3.05) is 24.7 Å². The van der Waals surface area contributed by atoms with E-state index >= 15 is 0 Å². The molecule has 6 nitrogen and oxygen atoms in total. The van der Waals surface area contributed by atoms with Gasteiger partial charge < -0.3 is 20.1 Å². The van der Waals surface area contributed by atoms with E-state index in [1.807, 2.05) is 13.0 Å². The Balaban J connectivity index is 1.96. The largest absolute Gasteiger partial charge is 0.490 e. The van der Waals surface area contributed by atoms with E-state index in [1.54, 1.807) is 29.2 Å². The standard InChI is InChI=1S/C23H27ClN2O4/c1-3-5-12-30-21-18(24)13-15(14-20(21)29-4-2)23(28)26-11-7-9-16-17(22(25)27)8-6-10-19(16)26/h6,8,10,13-14H,3-5,7,9,11-12H2,1-2H3,(H2,25,27). The molecule has 30 heavy (non-hydrogen) atoms. The second kappa shape index (κ2) is 9.85. The Morgan fingerprint density at radius 3 is 2.70 bits per heavy atom. The monoisotopic (exact) mass is 430 g/mol. The molecule has 0 aliphatic carbocycles. The summed E-state index contributed by atoms with van der Waals surface area (Å²) >= 11 is 6.46. The predicted molar refractivity (Wildman–Crippen MR) is 118 cm³/mol. The van der Waals surface area contributed by atoms with Gasteiger partial charge in [0.2, 0.25) is 5.91 Å². The van der Waals surface area contributed by atoms with Crippen LogP contribution in [0, 0.1) is 0 Å². The van der Waals surface area contributed by atoms with Crippen LogP contribution in [0.4, 0.5) is 5.69 Å². The first-order valence-electron chi connectivity index (χ1n) is 10.3. The highest BCUT2D eigenvalue weighted by molar-refractivity contribution is 6.33. The fourth-order valence-corrected chi connectivity index (χ4v) is 3.90. The van der Waals surface area contributed by atoms with Gasteiger partial charge in [0.05, 0.1) is 18.2 Å². The molecule has 2 aromatic rings. The molecule has 1 aliphatic heterocycles. The molecule has 7 heteroatoms. The number of benzene rings is 2. The number of unbranched alkanes of at least 4 members (excludes halogenated alkanes) is 1. The molecule has 160 valence electrons. The number of anilines is 1. The highest BCUT2D eigenvalue weighted by Gasteiger charge is 2.27. The number of amides is 2. The normalized spacial score (nSPS) is 13.0. The van der Waals surface area contributed by atoms with Crippen LogP contribution in [0.5, 0.6) is 11.5 Å². The summed E-state index contributed by atoms with van der Waals surface area (Å²) in [6.07, 6.45) is 3.34. The second-order valence-corrected chi connectivity index (χ2v) is 7.56. The van der Waals surface area contributed by atoms with E-state index in [9.17, 15) is 9.59 Å². The third-order valence-corrected chi connectivity index (χ3v) is 5.34. The van der Waals surface area contributed by atoms with Gasteiger partial charge in [-0.05, 0) is 56.0 Å². The van der Waals surface area contributed by atoms with Gasteiger partial charge in [-0.3, -0.25) is 9.59 Å². The molecule has 1 heterocycles. The van der Waals surface area contributed by atoms with Crippen molar-refractivity contribution in [1.82, 2.24) is 0 Å². The number of fused-ring (bicyclic) bond motifs is 1. The second-order valence-electron chi connectivity index (χ2n) is 7.15. The minimum Gasteiger partial charge on any atom is -0.490 e. The summed E-state index contributed by atoms with van der Waals surface area (Å²) in [6.45, 7) is 5.44. The van der Waals surface area contributed by atoms with E-state index in [2.05, 4.69) is 6.92 Å². The molecular weight excluding hydrogens is 404 g/mol. The number of carbonyl (C=O) groups is 2. The van der Waals surface area contributed by atoms with Crippen molar-refractivity contribution in [1.29, 1.82) is 0 Å². The predicted octanol–water partition coefficient (Wildman–Crippen LogP) is 4.61. The van der Waals surface area contributed by atoms with Gasteiger partial charge in [0.1, 0.15) is 0 Å². The number of carbonyl (C=O) groups excluding carboxylic acids is 2. The van der Waals surface area contributed by atoms with E-state index in [0.717, 1.165) is 24.8 Å². The van der Waals surface area contributed by atoms with Gasteiger partial charge in [0.15, 0.2) is 11.5 Å². The van der Waals surface area contributed by atoms with Crippen molar-refractivity contribution in [3.05, 3.63) is 52.0 Å². The lowest BCUT2D eigenvalue weighted by Gasteiger charge is -2.30. The summed E-state index contributed by atoms with van der Waals surface area (Å²) in [4.78, 5) is 26.8. The molecule has 0 atom stereocenters. The van der Waals surface area contributed by atoms with Crippen LogP contribution >= 0.6 is 11.6 Å². The summed E-state index contributed by atoms with van der Waals surface area (Å²) in [5, 5.41) is 0.337. The molecule has 0 spiro atoms. The Hall–Kier alpha value is -2.73. The van der Waals surface area contributed by atoms with Crippen molar-refractivity contribution < 1.29 is 19.1 Å². The number of hydrogen-bond donors (Lipinski definition) is 1. The number of halogens is 1. The number of ether oxygens (including phenoxy) is 2. The van der Waals surface area contributed by atoms with Gasteiger partial charge in [-0.2, -0.15) is 0 Å². The van der Waals surface area contributed by atoms with E-state index in [-0.39, 0.29) is 5.91 Å². The highest BCUT2D eigenvalue weighted by Crippen LogP contribution is 2.38. The quantitative estimate of drug-likeness (QED) is 0.620. The van der Waals surface area contributed by atoms with Crippen molar-refractivity contribution in [2.45, 2.75) is 39.5 Å². The van der Waals surface area contributed by atoms with Gasteiger partial charge in [-0.1, -0.05) is 31.0 Å². The summed E-state index contributed by atoms with van der Waals surface area (Å²) < 4.78 is 11.5. The van der Waals surface area contributed by atoms with E-state index in [1.165, 1.54) is 0 Å². The zero-order valence-electron chi connectivity index (χ0n) is 17.4. The summed E-state index contributed by atoms with van der Waals surface area (Å²) in [5.74, 6) is 0.211. The molecule has 0 saturated heterocycles. The van der Waals surface area contributed by atoms with Crippen LogP contribution in [0.25, 0.3) is 0 Å². The molecule has 0 bridgehead atoms. The maximum absolute atomic E-state index is 13.4. The Kier molecular flexibility index (Phi) is 7.21. The average molecular weight is 431 g/mol. The number of nitrogens with two attached hydrogens (primary N) is 1. The van der Waals surface area contributed by atoms with E-state index in [0.29, 0.717) is 59.5 Å². The van der Waals surface area contributed by atoms with Crippen molar-refractivity contribution in [3.8, 4) is 11.5 Å². The third-order valence-electron chi connectivity index (χ3n) is 5.06.